The van der Waals surface area contributed by atoms with Crippen molar-refractivity contribution in [2.45, 2.75) is 97.0 Å². The van der Waals surface area contributed by atoms with E-state index in [1.807, 2.05) is 0 Å². The second-order valence-electron chi connectivity index (χ2n) is 6.42. The third-order valence-electron chi connectivity index (χ3n) is 3.97. The minimum atomic E-state index is -0.429. The molecule has 0 aliphatic rings. The Morgan fingerprint density at radius 1 is 0.960 bits per heavy atom. The van der Waals surface area contributed by atoms with Gasteiger partial charge in [0.1, 0.15) is 12.7 Å². The summed E-state index contributed by atoms with van der Waals surface area (Å²) in [6.07, 6.45) is 13.0. The number of carbonyl (C=O) groups excluding carboxylic acids is 1. The molecule has 1 atom stereocenters. The molecule has 25 heavy (non-hydrogen) atoms. The van der Waals surface area contributed by atoms with Gasteiger partial charge in [-0.3, -0.25) is 0 Å². The Morgan fingerprint density at radius 3 is 2.24 bits per heavy atom. The van der Waals surface area contributed by atoms with Crippen molar-refractivity contribution >= 4 is 5.97 Å². The first-order chi connectivity index (χ1) is 12.2. The van der Waals surface area contributed by atoms with Gasteiger partial charge in [-0.2, -0.15) is 0 Å². The van der Waals surface area contributed by atoms with Gasteiger partial charge in [0.2, 0.25) is 0 Å². The molecule has 4 nitrogen and oxygen atoms in total. The summed E-state index contributed by atoms with van der Waals surface area (Å²) < 4.78 is 10.1. The smallest absolute Gasteiger partial charge is 0.332 e. The van der Waals surface area contributed by atoms with Gasteiger partial charge < -0.3 is 14.6 Å². The first-order valence-corrected chi connectivity index (χ1v) is 10.1. The Kier molecular flexibility index (Phi) is 18.5. The molecule has 0 rings (SSSR count). The Hall–Kier alpha value is -1.05. The second kappa shape index (κ2) is 19.3. The van der Waals surface area contributed by atoms with Crippen LogP contribution >= 0.6 is 0 Å². The summed E-state index contributed by atoms with van der Waals surface area (Å²) in [6, 6.07) is 0. The van der Waals surface area contributed by atoms with Crippen molar-refractivity contribution in [3.05, 3.63) is 0 Å². The van der Waals surface area contributed by atoms with Crippen LogP contribution in [0.4, 0.5) is 0 Å². The Balaban J connectivity index is 3.21. The summed E-state index contributed by atoms with van der Waals surface area (Å²) in [7, 11) is 0. The fraction of sp³-hybridized carbons (Fsp3) is 0.857. The van der Waals surface area contributed by atoms with Crippen molar-refractivity contribution in [1.29, 1.82) is 0 Å². The summed E-state index contributed by atoms with van der Waals surface area (Å²) in [5.41, 5.74) is 0. The monoisotopic (exact) mass is 354 g/mol. The average Bonchev–Trinajstić information content (AvgIpc) is 2.60. The summed E-state index contributed by atoms with van der Waals surface area (Å²) in [6.45, 7) is 5.05. The Bertz CT molecular complexity index is 357. The molecule has 0 unspecified atom stereocenters. The molecule has 0 aliphatic heterocycles. The van der Waals surface area contributed by atoms with Crippen molar-refractivity contribution in [2.75, 3.05) is 19.8 Å². The summed E-state index contributed by atoms with van der Waals surface area (Å²) in [5, 5.41) is 9.60. The van der Waals surface area contributed by atoms with Crippen LogP contribution in [0, 0.1) is 11.8 Å². The van der Waals surface area contributed by atoms with Gasteiger partial charge in [-0.05, 0) is 26.2 Å². The highest BCUT2D eigenvalue weighted by molar-refractivity contribution is 5.70. The highest BCUT2D eigenvalue weighted by Gasteiger charge is 2.00. The molecule has 0 saturated carbocycles. The van der Waals surface area contributed by atoms with E-state index in [-0.39, 0.29) is 12.6 Å². The van der Waals surface area contributed by atoms with Crippen LogP contribution < -0.4 is 0 Å². The summed E-state index contributed by atoms with van der Waals surface area (Å²) >= 11 is 0. The van der Waals surface area contributed by atoms with Crippen molar-refractivity contribution in [3.63, 3.8) is 0 Å². The minimum absolute atomic E-state index is 0.0758. The molecule has 0 aromatic heterocycles. The van der Waals surface area contributed by atoms with Gasteiger partial charge in [0, 0.05) is 13.0 Å². The van der Waals surface area contributed by atoms with Crippen molar-refractivity contribution in [3.8, 4) is 11.8 Å². The normalized spacial score (nSPS) is 11.6. The number of unbranched alkanes of at least 4 members (excludes halogenated alkanes) is 9. The summed E-state index contributed by atoms with van der Waals surface area (Å²) in [5.74, 6) is 5.75. The average molecular weight is 355 g/mol. The molecule has 0 aliphatic carbocycles. The maximum Gasteiger partial charge on any atom is 0.332 e. The van der Waals surface area contributed by atoms with Crippen LogP contribution in [0.2, 0.25) is 0 Å². The molecule has 0 fully saturated rings. The fourth-order valence-corrected chi connectivity index (χ4v) is 2.50. The zero-order chi connectivity index (χ0) is 18.6. The highest BCUT2D eigenvalue weighted by Crippen LogP contribution is 2.09. The van der Waals surface area contributed by atoms with Crippen LogP contribution in [0.15, 0.2) is 0 Å². The lowest BCUT2D eigenvalue weighted by molar-refractivity contribution is -0.148. The number of hydrogen-bond acceptors (Lipinski definition) is 4. The molecule has 0 spiro atoms. The van der Waals surface area contributed by atoms with E-state index in [4.69, 9.17) is 9.47 Å². The van der Waals surface area contributed by atoms with Crippen LogP contribution in [0.25, 0.3) is 0 Å². The first-order valence-electron chi connectivity index (χ1n) is 10.1. The lowest BCUT2D eigenvalue weighted by Crippen LogP contribution is -2.12. The second-order valence-corrected chi connectivity index (χ2v) is 6.42. The molecule has 146 valence electrons. The van der Waals surface area contributed by atoms with E-state index < -0.39 is 6.10 Å². The van der Waals surface area contributed by atoms with E-state index in [9.17, 15) is 9.90 Å². The molecular weight excluding hydrogens is 316 g/mol. The lowest BCUT2D eigenvalue weighted by atomic mass is 10.1. The predicted molar refractivity (Wildman–Crippen MR) is 102 cm³/mol. The number of esters is 1. The van der Waals surface area contributed by atoms with Crippen LogP contribution in [-0.4, -0.2) is 37.0 Å². The van der Waals surface area contributed by atoms with Gasteiger partial charge in [-0.1, -0.05) is 64.2 Å². The zero-order valence-electron chi connectivity index (χ0n) is 16.4. The van der Waals surface area contributed by atoms with Gasteiger partial charge in [-0.25, -0.2) is 4.79 Å². The van der Waals surface area contributed by atoms with Crippen LogP contribution in [0.5, 0.6) is 0 Å². The van der Waals surface area contributed by atoms with E-state index in [0.29, 0.717) is 13.2 Å². The molecular formula is C21H38O4. The SMILES string of the molecule is CCCC[C@@H](O)C#CCCCCCCCCCCOCC(=O)OCC. The molecule has 0 aromatic rings. The van der Waals surface area contributed by atoms with Crippen LogP contribution in [0.3, 0.4) is 0 Å². The maximum absolute atomic E-state index is 11.1. The van der Waals surface area contributed by atoms with Crippen molar-refractivity contribution in [1.82, 2.24) is 0 Å². The number of carbonyl (C=O) groups is 1. The highest BCUT2D eigenvalue weighted by atomic mass is 16.6. The first kappa shape index (κ1) is 23.9. The topological polar surface area (TPSA) is 55.8 Å². The van der Waals surface area contributed by atoms with Gasteiger partial charge in [0.05, 0.1) is 6.61 Å². The predicted octanol–water partition coefficient (Wildman–Crippen LogP) is 4.63. The molecule has 1 N–H and O–H groups in total. The van der Waals surface area contributed by atoms with Gasteiger partial charge in [-0.15, -0.1) is 5.92 Å². The molecule has 4 heteroatoms. The number of hydrogen-bond donors (Lipinski definition) is 1. The third kappa shape index (κ3) is 19.1. The van der Waals surface area contributed by atoms with Crippen LogP contribution in [-0.2, 0) is 14.3 Å². The van der Waals surface area contributed by atoms with E-state index in [0.717, 1.165) is 44.9 Å². The van der Waals surface area contributed by atoms with E-state index >= 15 is 0 Å². The minimum Gasteiger partial charge on any atom is -0.464 e. The van der Waals surface area contributed by atoms with Gasteiger partial charge in [0.15, 0.2) is 0 Å². The molecule has 0 heterocycles. The zero-order valence-corrected chi connectivity index (χ0v) is 16.4. The Labute approximate surface area is 154 Å². The van der Waals surface area contributed by atoms with E-state index in [1.165, 1.54) is 32.1 Å². The quantitative estimate of drug-likeness (QED) is 0.249. The standard InChI is InChI=1S/C21H38O4/c1-3-5-16-20(22)17-14-12-10-8-6-7-9-11-13-15-18-24-19-21(23)25-4-2/h20,22H,3-13,15-16,18-19H2,1-2H3/t20-/m1/s1. The Morgan fingerprint density at radius 2 is 1.60 bits per heavy atom. The van der Waals surface area contributed by atoms with E-state index in [1.54, 1.807) is 6.92 Å². The van der Waals surface area contributed by atoms with Gasteiger partial charge >= 0.3 is 5.97 Å². The molecule has 0 saturated heterocycles. The van der Waals surface area contributed by atoms with Gasteiger partial charge in [0.25, 0.3) is 0 Å². The van der Waals surface area contributed by atoms with Crippen LogP contribution in [0.1, 0.15) is 90.9 Å². The largest absolute Gasteiger partial charge is 0.464 e. The van der Waals surface area contributed by atoms with E-state index in [2.05, 4.69) is 18.8 Å². The third-order valence-corrected chi connectivity index (χ3v) is 3.97. The number of rotatable bonds is 16. The molecule has 0 aromatic carbocycles. The molecule has 0 amide bonds. The fourth-order valence-electron chi connectivity index (χ4n) is 2.50. The number of ether oxygens (including phenoxy) is 2. The summed E-state index contributed by atoms with van der Waals surface area (Å²) in [4.78, 5) is 11.1. The maximum atomic E-state index is 11.1. The molecule has 0 bridgehead atoms. The number of aliphatic hydroxyl groups is 1. The van der Waals surface area contributed by atoms with Crippen molar-refractivity contribution in [2.24, 2.45) is 0 Å². The molecule has 0 radical (unpaired) electrons. The van der Waals surface area contributed by atoms with Crippen molar-refractivity contribution < 1.29 is 19.4 Å². The number of aliphatic hydroxyl groups excluding tert-OH is 1. The lowest BCUT2D eigenvalue weighted by Gasteiger charge is -2.04.